The van der Waals surface area contributed by atoms with Crippen molar-refractivity contribution in [1.29, 1.82) is 0 Å². The number of carbonyl (C=O) groups excluding carboxylic acids is 1. The number of nitrogens with one attached hydrogen (secondary N) is 2. The minimum absolute atomic E-state index is 0.214. The number of benzene rings is 1. The Morgan fingerprint density at radius 3 is 2.80 bits per heavy atom. The lowest BCUT2D eigenvalue weighted by atomic mass is 10.2. The molecule has 0 aliphatic carbocycles. The van der Waals surface area contributed by atoms with E-state index in [4.69, 9.17) is 0 Å². The molecule has 20 heavy (non-hydrogen) atoms. The summed E-state index contributed by atoms with van der Waals surface area (Å²) in [5.74, 6) is -0.375. The molecule has 2 heterocycles. The normalized spacial score (nSPS) is 10.4. The smallest absolute Gasteiger partial charge is 0.272 e. The quantitative estimate of drug-likeness (QED) is 0.745. The molecule has 0 spiro atoms. The van der Waals surface area contributed by atoms with Crippen LogP contribution in [-0.2, 0) is 0 Å². The first kappa shape index (κ1) is 12.1. The Balaban J connectivity index is 1.89. The van der Waals surface area contributed by atoms with E-state index in [0.717, 1.165) is 10.9 Å². The maximum Gasteiger partial charge on any atom is 0.272 e. The van der Waals surface area contributed by atoms with Crippen molar-refractivity contribution >= 4 is 22.5 Å². The zero-order chi connectivity index (χ0) is 13.9. The average Bonchev–Trinajstić information content (AvgIpc) is 2.47. The first-order valence-electron chi connectivity index (χ1n) is 6.08. The predicted octanol–water partition coefficient (Wildman–Crippen LogP) is 2.18. The maximum atomic E-state index is 12.0. The summed E-state index contributed by atoms with van der Waals surface area (Å²) in [6, 6.07) is 13.9. The van der Waals surface area contributed by atoms with Gasteiger partial charge >= 0.3 is 0 Å². The van der Waals surface area contributed by atoms with Gasteiger partial charge in [-0.1, -0.05) is 24.3 Å². The van der Waals surface area contributed by atoms with Gasteiger partial charge < -0.3 is 10.3 Å². The molecular formula is C15H11N3O2. The number of hydrogen-bond donors (Lipinski definition) is 2. The van der Waals surface area contributed by atoms with Gasteiger partial charge in [0.2, 0.25) is 5.56 Å². The van der Waals surface area contributed by atoms with Gasteiger partial charge in [0.15, 0.2) is 0 Å². The minimum Gasteiger partial charge on any atom is -0.319 e. The first-order chi connectivity index (χ1) is 9.72. The van der Waals surface area contributed by atoms with Gasteiger partial charge in [-0.15, -0.1) is 0 Å². The van der Waals surface area contributed by atoms with E-state index in [-0.39, 0.29) is 17.2 Å². The molecular weight excluding hydrogens is 254 g/mol. The highest BCUT2D eigenvalue weighted by Gasteiger charge is 2.07. The highest BCUT2D eigenvalue weighted by atomic mass is 16.2. The van der Waals surface area contributed by atoms with E-state index in [1.165, 1.54) is 12.1 Å². The molecule has 0 saturated heterocycles. The molecule has 98 valence electrons. The highest BCUT2D eigenvalue weighted by molar-refractivity contribution is 6.03. The Morgan fingerprint density at radius 1 is 1.10 bits per heavy atom. The summed E-state index contributed by atoms with van der Waals surface area (Å²) >= 11 is 0. The molecule has 0 fully saturated rings. The number of H-pyrrole nitrogens is 1. The van der Waals surface area contributed by atoms with Crippen LogP contribution in [0.25, 0.3) is 10.9 Å². The lowest BCUT2D eigenvalue weighted by Crippen LogP contribution is -2.17. The van der Waals surface area contributed by atoms with Gasteiger partial charge in [-0.3, -0.25) is 14.6 Å². The summed E-state index contributed by atoms with van der Waals surface area (Å²) in [5, 5.41) is 3.64. The molecule has 0 aliphatic heterocycles. The molecule has 2 aromatic heterocycles. The summed E-state index contributed by atoms with van der Waals surface area (Å²) in [6.45, 7) is 0. The van der Waals surface area contributed by atoms with Crippen molar-refractivity contribution in [3.05, 3.63) is 70.8 Å². The number of anilines is 1. The lowest BCUT2D eigenvalue weighted by molar-refractivity contribution is 0.102. The minimum atomic E-state index is -0.375. The lowest BCUT2D eigenvalue weighted by Gasteiger charge is -2.05. The van der Waals surface area contributed by atoms with E-state index in [1.54, 1.807) is 12.3 Å². The number of rotatable bonds is 2. The number of nitrogens with zero attached hydrogens (tertiary/aromatic N) is 1. The first-order valence-corrected chi connectivity index (χ1v) is 6.08. The van der Waals surface area contributed by atoms with Gasteiger partial charge in [0.1, 0.15) is 5.69 Å². The highest BCUT2D eigenvalue weighted by Crippen LogP contribution is 2.16. The average molecular weight is 265 g/mol. The third-order valence-corrected chi connectivity index (χ3v) is 2.86. The van der Waals surface area contributed by atoms with Gasteiger partial charge in [0.25, 0.3) is 5.91 Å². The molecule has 1 aromatic carbocycles. The zero-order valence-corrected chi connectivity index (χ0v) is 10.5. The molecule has 1 amide bonds. The molecule has 0 aliphatic rings. The molecule has 3 rings (SSSR count). The zero-order valence-electron chi connectivity index (χ0n) is 10.5. The van der Waals surface area contributed by atoms with Crippen LogP contribution in [0.3, 0.4) is 0 Å². The van der Waals surface area contributed by atoms with Crippen molar-refractivity contribution in [2.24, 2.45) is 0 Å². The number of aromatic amines is 1. The fourth-order valence-corrected chi connectivity index (χ4v) is 1.92. The Kier molecular flexibility index (Phi) is 3.01. The number of pyridine rings is 2. The number of hydrogen-bond acceptors (Lipinski definition) is 3. The van der Waals surface area contributed by atoms with Crippen LogP contribution in [0.1, 0.15) is 10.5 Å². The van der Waals surface area contributed by atoms with E-state index < -0.39 is 0 Å². The van der Waals surface area contributed by atoms with Crippen molar-refractivity contribution in [2.75, 3.05) is 5.32 Å². The number of fused-ring (bicyclic) bond motifs is 1. The topological polar surface area (TPSA) is 74.8 Å². The molecule has 0 saturated carbocycles. The number of carbonyl (C=O) groups is 1. The van der Waals surface area contributed by atoms with Gasteiger partial charge in [0.05, 0.1) is 17.4 Å². The molecule has 0 radical (unpaired) electrons. The van der Waals surface area contributed by atoms with Gasteiger partial charge in [-0.2, -0.15) is 0 Å². The molecule has 0 atom stereocenters. The molecule has 0 unspecified atom stereocenters. The SMILES string of the molecule is O=C(Nc1cnc2ccccc2c1)c1cccc(=O)[nH]1. The van der Waals surface area contributed by atoms with Crippen molar-refractivity contribution in [3.63, 3.8) is 0 Å². The second-order valence-corrected chi connectivity index (χ2v) is 4.30. The summed E-state index contributed by atoms with van der Waals surface area (Å²) in [7, 11) is 0. The Bertz CT molecular complexity index is 839. The van der Waals surface area contributed by atoms with E-state index in [2.05, 4.69) is 15.3 Å². The Labute approximate surface area is 114 Å². The Morgan fingerprint density at radius 2 is 1.95 bits per heavy atom. The van der Waals surface area contributed by atoms with Crippen LogP contribution < -0.4 is 10.9 Å². The van der Waals surface area contributed by atoms with E-state index in [1.807, 2.05) is 30.3 Å². The fraction of sp³-hybridized carbons (Fsp3) is 0. The molecule has 5 nitrogen and oxygen atoms in total. The van der Waals surface area contributed by atoms with Crippen LogP contribution >= 0.6 is 0 Å². The van der Waals surface area contributed by atoms with E-state index >= 15 is 0 Å². The van der Waals surface area contributed by atoms with Crippen LogP contribution in [0, 0.1) is 0 Å². The third kappa shape index (κ3) is 2.42. The molecule has 5 heteroatoms. The van der Waals surface area contributed by atoms with Crippen molar-refractivity contribution in [2.45, 2.75) is 0 Å². The van der Waals surface area contributed by atoms with Crippen LogP contribution in [0.5, 0.6) is 0 Å². The second-order valence-electron chi connectivity index (χ2n) is 4.30. The fourth-order valence-electron chi connectivity index (χ4n) is 1.92. The number of para-hydroxylation sites is 1. The monoisotopic (exact) mass is 265 g/mol. The standard InChI is InChI=1S/C15H11N3O2/c19-14-7-3-6-13(18-14)15(20)17-11-8-10-4-1-2-5-12(10)16-9-11/h1-9H,(H,17,20)(H,18,19). The van der Waals surface area contributed by atoms with Crippen molar-refractivity contribution in [1.82, 2.24) is 9.97 Å². The van der Waals surface area contributed by atoms with Crippen LogP contribution in [0.2, 0.25) is 0 Å². The molecule has 3 aromatic rings. The summed E-state index contributed by atoms with van der Waals surface area (Å²) in [4.78, 5) is 29.9. The van der Waals surface area contributed by atoms with Crippen molar-refractivity contribution in [3.8, 4) is 0 Å². The maximum absolute atomic E-state index is 12.0. The molecule has 0 bridgehead atoms. The Hall–Kier alpha value is -2.95. The van der Waals surface area contributed by atoms with Crippen LogP contribution in [0.4, 0.5) is 5.69 Å². The van der Waals surface area contributed by atoms with Crippen LogP contribution in [-0.4, -0.2) is 15.9 Å². The third-order valence-electron chi connectivity index (χ3n) is 2.86. The number of amides is 1. The summed E-state index contributed by atoms with van der Waals surface area (Å²) in [5.41, 5.74) is 1.34. The largest absolute Gasteiger partial charge is 0.319 e. The summed E-state index contributed by atoms with van der Waals surface area (Å²) < 4.78 is 0. The molecule has 2 N–H and O–H groups in total. The second kappa shape index (κ2) is 4.97. The number of aromatic nitrogens is 2. The van der Waals surface area contributed by atoms with Gasteiger partial charge in [-0.05, 0) is 18.2 Å². The van der Waals surface area contributed by atoms with E-state index in [0.29, 0.717) is 5.69 Å². The van der Waals surface area contributed by atoms with Gasteiger partial charge in [-0.25, -0.2) is 0 Å². The predicted molar refractivity (Wildman–Crippen MR) is 76.8 cm³/mol. The van der Waals surface area contributed by atoms with Gasteiger partial charge in [0, 0.05) is 11.5 Å². The van der Waals surface area contributed by atoms with E-state index in [9.17, 15) is 9.59 Å². The van der Waals surface area contributed by atoms with Crippen molar-refractivity contribution < 1.29 is 4.79 Å². The van der Waals surface area contributed by atoms with Crippen LogP contribution in [0.15, 0.2) is 59.5 Å². The summed E-state index contributed by atoms with van der Waals surface area (Å²) in [6.07, 6.45) is 1.58.